The number of aromatic amines is 1. The van der Waals surface area contributed by atoms with Gasteiger partial charge in [-0.05, 0) is 51.0 Å². The molecule has 0 spiro atoms. The summed E-state index contributed by atoms with van der Waals surface area (Å²) in [5, 5.41) is 15.2. The molecule has 5 heterocycles. The van der Waals surface area contributed by atoms with Crippen LogP contribution >= 0.6 is 11.3 Å². The number of hydrogen-bond donors (Lipinski definition) is 3. The lowest BCUT2D eigenvalue weighted by molar-refractivity contribution is -0.0379. The van der Waals surface area contributed by atoms with E-state index in [4.69, 9.17) is 19.4 Å². The number of rotatable bonds is 6. The van der Waals surface area contributed by atoms with Crippen molar-refractivity contribution in [3.8, 4) is 0 Å². The van der Waals surface area contributed by atoms with Crippen molar-refractivity contribution in [1.29, 1.82) is 0 Å². The van der Waals surface area contributed by atoms with E-state index in [1.165, 1.54) is 48.1 Å². The topological polar surface area (TPSA) is 100 Å². The summed E-state index contributed by atoms with van der Waals surface area (Å²) in [5.41, 5.74) is 2.02. The SMILES string of the molecule is CC1(C)Cc2c(sc3nc(Nc4cn[nH]c4)nc(NC4CCC(CN5CCOCC5)CC4)c23)CO1. The largest absolute Gasteiger partial charge is 0.379 e. The molecular weight excluding hydrogens is 462 g/mol. The lowest BCUT2D eigenvalue weighted by Crippen LogP contribution is -2.40. The first-order valence-electron chi connectivity index (χ1n) is 12.8. The van der Waals surface area contributed by atoms with Crippen molar-refractivity contribution in [2.24, 2.45) is 5.92 Å². The van der Waals surface area contributed by atoms with Crippen molar-refractivity contribution >= 4 is 39.0 Å². The van der Waals surface area contributed by atoms with E-state index in [9.17, 15) is 0 Å². The Hall–Kier alpha value is -2.27. The van der Waals surface area contributed by atoms with Crippen LogP contribution in [0.1, 0.15) is 50.0 Å². The Balaban J connectivity index is 1.23. The molecule has 0 radical (unpaired) electrons. The van der Waals surface area contributed by atoms with E-state index in [2.05, 4.69) is 39.6 Å². The summed E-state index contributed by atoms with van der Waals surface area (Å²) < 4.78 is 11.6. The Morgan fingerprint density at radius 3 is 2.77 bits per heavy atom. The van der Waals surface area contributed by atoms with Gasteiger partial charge in [0.05, 0.1) is 42.7 Å². The van der Waals surface area contributed by atoms with Gasteiger partial charge in [-0.2, -0.15) is 10.1 Å². The van der Waals surface area contributed by atoms with Gasteiger partial charge in [-0.15, -0.1) is 11.3 Å². The van der Waals surface area contributed by atoms with Gasteiger partial charge in [0.1, 0.15) is 10.6 Å². The molecule has 6 rings (SSSR count). The van der Waals surface area contributed by atoms with Crippen molar-refractivity contribution in [3.63, 3.8) is 0 Å². The molecule has 3 aromatic rings. The number of anilines is 3. The van der Waals surface area contributed by atoms with Crippen LogP contribution in [0.3, 0.4) is 0 Å². The third-order valence-electron chi connectivity index (χ3n) is 7.49. The fraction of sp³-hybridized carbons (Fsp3) is 0.640. The molecule has 9 nitrogen and oxygen atoms in total. The van der Waals surface area contributed by atoms with Gasteiger partial charge in [0.2, 0.25) is 5.95 Å². The van der Waals surface area contributed by atoms with E-state index >= 15 is 0 Å². The van der Waals surface area contributed by atoms with E-state index in [1.807, 2.05) is 6.20 Å². The molecule has 2 fully saturated rings. The number of H-pyrrole nitrogens is 1. The van der Waals surface area contributed by atoms with Crippen LogP contribution < -0.4 is 10.6 Å². The number of fused-ring (bicyclic) bond motifs is 3. The van der Waals surface area contributed by atoms with Gasteiger partial charge in [-0.25, -0.2) is 4.98 Å². The van der Waals surface area contributed by atoms with Crippen LogP contribution in [-0.2, 0) is 22.5 Å². The highest BCUT2D eigenvalue weighted by molar-refractivity contribution is 7.19. The fourth-order valence-electron chi connectivity index (χ4n) is 5.59. The average Bonchev–Trinajstić information content (AvgIpc) is 3.48. The predicted molar refractivity (Wildman–Crippen MR) is 138 cm³/mol. The van der Waals surface area contributed by atoms with Crippen LogP contribution in [-0.4, -0.2) is 69.6 Å². The van der Waals surface area contributed by atoms with Crippen LogP contribution in [0.5, 0.6) is 0 Å². The maximum atomic E-state index is 6.10. The Morgan fingerprint density at radius 2 is 2.00 bits per heavy atom. The number of thiophene rings is 1. The lowest BCUT2D eigenvalue weighted by atomic mass is 9.85. The third-order valence-corrected chi connectivity index (χ3v) is 8.59. The molecule has 1 saturated carbocycles. The van der Waals surface area contributed by atoms with E-state index in [0.29, 0.717) is 18.6 Å². The average molecular weight is 498 g/mol. The zero-order valence-electron chi connectivity index (χ0n) is 20.6. The molecule has 3 aliphatic rings. The van der Waals surface area contributed by atoms with Crippen LogP contribution in [0.2, 0.25) is 0 Å². The van der Waals surface area contributed by atoms with E-state index < -0.39 is 0 Å². The fourth-order valence-corrected chi connectivity index (χ4v) is 6.69. The second-order valence-electron chi connectivity index (χ2n) is 10.7. The Kier molecular flexibility index (Phi) is 6.38. The van der Waals surface area contributed by atoms with Crippen LogP contribution in [0.15, 0.2) is 12.4 Å². The molecule has 0 amide bonds. The second-order valence-corrected chi connectivity index (χ2v) is 11.8. The Bertz CT molecular complexity index is 1150. The molecule has 2 aliphatic heterocycles. The number of aromatic nitrogens is 4. The normalized spacial score (nSPS) is 24.9. The molecule has 0 bridgehead atoms. The van der Waals surface area contributed by atoms with Crippen molar-refractivity contribution in [3.05, 3.63) is 22.8 Å². The quantitative estimate of drug-likeness (QED) is 0.463. The minimum Gasteiger partial charge on any atom is -0.379 e. The molecule has 1 saturated heterocycles. The summed E-state index contributed by atoms with van der Waals surface area (Å²) in [6.45, 7) is 10.1. The molecular formula is C25H35N7O2S. The Morgan fingerprint density at radius 1 is 1.17 bits per heavy atom. The maximum Gasteiger partial charge on any atom is 0.230 e. The molecule has 1 aliphatic carbocycles. The summed E-state index contributed by atoms with van der Waals surface area (Å²) in [5.74, 6) is 2.33. The molecule has 0 unspecified atom stereocenters. The first-order chi connectivity index (χ1) is 17.0. The highest BCUT2D eigenvalue weighted by Crippen LogP contribution is 2.42. The monoisotopic (exact) mass is 497 g/mol. The van der Waals surface area contributed by atoms with Crippen molar-refractivity contribution in [2.75, 3.05) is 43.5 Å². The minimum absolute atomic E-state index is 0.177. The molecule has 3 N–H and O–H groups in total. The first-order valence-corrected chi connectivity index (χ1v) is 13.6. The number of nitrogens with one attached hydrogen (secondary N) is 3. The maximum absolute atomic E-state index is 6.10. The van der Waals surface area contributed by atoms with Gasteiger partial charge in [-0.1, -0.05) is 0 Å². The van der Waals surface area contributed by atoms with Gasteiger partial charge < -0.3 is 20.1 Å². The zero-order valence-corrected chi connectivity index (χ0v) is 21.4. The smallest absolute Gasteiger partial charge is 0.230 e. The number of morpholine rings is 1. The van der Waals surface area contributed by atoms with Crippen LogP contribution in [0.4, 0.5) is 17.5 Å². The minimum atomic E-state index is -0.177. The van der Waals surface area contributed by atoms with Crippen LogP contribution in [0.25, 0.3) is 10.2 Å². The van der Waals surface area contributed by atoms with Gasteiger partial charge in [-0.3, -0.25) is 10.00 Å². The first kappa shape index (κ1) is 23.1. The molecule has 35 heavy (non-hydrogen) atoms. The van der Waals surface area contributed by atoms with Crippen molar-refractivity contribution in [1.82, 2.24) is 25.1 Å². The summed E-state index contributed by atoms with van der Waals surface area (Å²) in [7, 11) is 0. The van der Waals surface area contributed by atoms with Gasteiger partial charge in [0.15, 0.2) is 0 Å². The third kappa shape index (κ3) is 5.16. The second kappa shape index (κ2) is 9.65. The Labute approximate surface area is 210 Å². The van der Waals surface area contributed by atoms with E-state index in [1.54, 1.807) is 17.5 Å². The van der Waals surface area contributed by atoms with Crippen molar-refractivity contribution in [2.45, 2.75) is 64.2 Å². The van der Waals surface area contributed by atoms with E-state index in [-0.39, 0.29) is 5.60 Å². The molecule has 0 aromatic carbocycles. The summed E-state index contributed by atoms with van der Waals surface area (Å²) in [6.07, 6.45) is 9.29. The molecule has 3 aromatic heterocycles. The summed E-state index contributed by atoms with van der Waals surface area (Å²) >= 11 is 1.73. The number of hydrogen-bond acceptors (Lipinski definition) is 9. The standard InChI is InChI=1S/C25H35N7O2S/c1-25(2)11-19-20(15-34-25)35-23-21(19)22(30-24(31-23)29-18-12-26-27-13-18)28-17-5-3-16(4-6-17)14-32-7-9-33-10-8-32/h12-13,16-17H,3-11,14-15H2,1-2H3,(H,26,27)(H2,28,29,30,31). The van der Waals surface area contributed by atoms with Gasteiger partial charge in [0, 0.05) is 43.2 Å². The van der Waals surface area contributed by atoms with Gasteiger partial charge in [0.25, 0.3) is 0 Å². The predicted octanol–water partition coefficient (Wildman–Crippen LogP) is 4.31. The highest BCUT2D eigenvalue weighted by atomic mass is 32.1. The lowest BCUT2D eigenvalue weighted by Gasteiger charge is -2.35. The summed E-state index contributed by atoms with van der Waals surface area (Å²) in [4.78, 5) is 14.7. The number of nitrogens with zero attached hydrogens (tertiary/aromatic N) is 4. The zero-order chi connectivity index (χ0) is 23.8. The van der Waals surface area contributed by atoms with E-state index in [0.717, 1.165) is 55.0 Å². The number of ether oxygens (including phenoxy) is 2. The summed E-state index contributed by atoms with van der Waals surface area (Å²) in [6, 6.07) is 0.430. The molecule has 188 valence electrons. The highest BCUT2D eigenvalue weighted by Gasteiger charge is 2.32. The van der Waals surface area contributed by atoms with Gasteiger partial charge >= 0.3 is 0 Å². The van der Waals surface area contributed by atoms with Crippen molar-refractivity contribution < 1.29 is 9.47 Å². The molecule has 0 atom stereocenters. The van der Waals surface area contributed by atoms with Crippen LogP contribution in [0, 0.1) is 5.92 Å². The molecule has 10 heteroatoms.